The number of methoxy groups -OCH3 is 3. The van der Waals surface area contributed by atoms with Gasteiger partial charge in [0.1, 0.15) is 33.9 Å². The van der Waals surface area contributed by atoms with Crippen molar-refractivity contribution in [3.05, 3.63) is 102 Å². The number of sulfonamides is 1. The number of benzene rings is 4. The second-order valence-corrected chi connectivity index (χ2v) is 17.8. The van der Waals surface area contributed by atoms with E-state index in [0.29, 0.717) is 28.4 Å². The molecule has 6 rings (SSSR count). The number of amides is 1. The fraction of sp³-hybridized carbons (Fsp3) is 0.366. The highest BCUT2D eigenvalue weighted by atomic mass is 32.2. The molecule has 1 fully saturated rings. The molecule has 1 saturated heterocycles. The first-order chi connectivity index (χ1) is 28.6. The predicted octanol–water partition coefficient (Wildman–Crippen LogP) is 5.83. The summed E-state index contributed by atoms with van der Waals surface area (Å²) in [6, 6.07) is 22.6. The smallest absolute Gasteiger partial charge is 0.407 e. The van der Waals surface area contributed by atoms with Crippen molar-refractivity contribution in [3.8, 4) is 28.6 Å². The molecule has 0 spiro atoms. The number of aromatic nitrogens is 4. The number of nitrogens with one attached hydrogen (secondary N) is 1. The average molecular weight is 866 g/mol. The summed E-state index contributed by atoms with van der Waals surface area (Å²) in [6.07, 6.45) is -2.27. The average Bonchev–Trinajstić information content (AvgIpc) is 3.68. The summed E-state index contributed by atoms with van der Waals surface area (Å²) in [5.74, 6) is 1.70. The number of ether oxygens (including phenoxy) is 4. The minimum Gasteiger partial charge on any atom is -0.497 e. The molecule has 0 radical (unpaired) electrons. The lowest BCUT2D eigenvalue weighted by Gasteiger charge is -2.38. The molecule has 1 aliphatic rings. The molecule has 19 heteroatoms. The van der Waals surface area contributed by atoms with Crippen LogP contribution >= 0.6 is 0 Å². The van der Waals surface area contributed by atoms with E-state index in [9.17, 15) is 13.6 Å². The van der Waals surface area contributed by atoms with Crippen LogP contribution in [0.3, 0.4) is 0 Å². The normalized spacial score (nSPS) is 16.3. The quantitative estimate of drug-likeness (QED) is 0.120. The van der Waals surface area contributed by atoms with Crippen LogP contribution in [-0.4, -0.2) is 100 Å². The number of halogens is 1. The van der Waals surface area contributed by atoms with Crippen LogP contribution in [0.4, 0.5) is 14.9 Å². The summed E-state index contributed by atoms with van der Waals surface area (Å²) in [7, 11) is -0.194. The van der Waals surface area contributed by atoms with Gasteiger partial charge in [0.05, 0.1) is 50.9 Å². The minimum absolute atomic E-state index is 0.0510. The zero-order valence-corrected chi connectivity index (χ0v) is 35.7. The van der Waals surface area contributed by atoms with Gasteiger partial charge in [0.15, 0.2) is 16.9 Å². The Morgan fingerprint density at radius 1 is 0.883 bits per heavy atom. The van der Waals surface area contributed by atoms with Gasteiger partial charge in [-0.3, -0.25) is 0 Å². The van der Waals surface area contributed by atoms with Gasteiger partial charge in [-0.1, -0.05) is 36.4 Å². The van der Waals surface area contributed by atoms with E-state index in [2.05, 4.69) is 20.8 Å². The molecule has 320 valence electrons. The summed E-state index contributed by atoms with van der Waals surface area (Å²) >= 11 is -2.85. The van der Waals surface area contributed by atoms with Gasteiger partial charge in [-0.2, -0.15) is 4.31 Å². The van der Waals surface area contributed by atoms with Gasteiger partial charge in [0, 0.05) is 25.3 Å². The summed E-state index contributed by atoms with van der Waals surface area (Å²) < 4.78 is 95.2. The zero-order chi connectivity index (χ0) is 43.2. The molecule has 4 aromatic carbocycles. The van der Waals surface area contributed by atoms with Crippen LogP contribution in [0.2, 0.25) is 0 Å². The maximum absolute atomic E-state index is 16.1. The molecule has 0 aliphatic carbocycles. The molecule has 1 amide bonds. The summed E-state index contributed by atoms with van der Waals surface area (Å²) in [4.78, 5) is 13.3. The molecular weight excluding hydrogens is 818 g/mol. The van der Waals surface area contributed by atoms with Crippen LogP contribution < -0.4 is 24.4 Å². The number of rotatable bonds is 15. The lowest BCUT2D eigenvalue weighted by molar-refractivity contribution is 0.0463. The molecule has 16 nitrogen and oxygen atoms in total. The largest absolute Gasteiger partial charge is 0.497 e. The van der Waals surface area contributed by atoms with Gasteiger partial charge < -0.3 is 33.7 Å². The number of hydrogen-bond acceptors (Lipinski definition) is 12. The third-order valence-corrected chi connectivity index (χ3v) is 12.5. The van der Waals surface area contributed by atoms with Gasteiger partial charge in [-0.25, -0.2) is 26.5 Å². The molecule has 1 unspecified atom stereocenters. The van der Waals surface area contributed by atoms with E-state index in [1.807, 2.05) is 0 Å². The molecule has 2 heterocycles. The van der Waals surface area contributed by atoms with E-state index in [4.69, 9.17) is 18.9 Å². The van der Waals surface area contributed by atoms with Gasteiger partial charge in [0.2, 0.25) is 10.0 Å². The van der Waals surface area contributed by atoms with E-state index >= 15 is 12.8 Å². The van der Waals surface area contributed by atoms with Crippen LogP contribution in [0.15, 0.2) is 94.7 Å². The maximum atomic E-state index is 16.1. The third-order valence-electron chi connectivity index (χ3n) is 9.75. The van der Waals surface area contributed by atoms with Crippen LogP contribution in [0, 0.1) is 0 Å². The standard InChI is InChI=1S/C41H48FN7O9S2/c1-41(2,3)58-40(50)43-34-21-22-47(26-33(34)42)35-19-20-36(59(51)52)38(37(35)39-44-45-46-49(39)25-29-11-17-32(57-6)18-12-29)60(53,54)48(23-27-7-13-30(55-4)14-8-27)24-28-9-15-31(56-5)16-10-28/h7-20,33-34H,21-26H2,1-6H3,(H,43,50)(H,51,52)/t33-,34+/m1/s1. The SMILES string of the molecule is COc1ccc(CN(Cc2ccc(OC)cc2)S(=O)(=O)c2c(S(=O)O)ccc(N3CC[C@H](NC(=O)OC(C)(C)C)[C@H](F)C3)c2-c2nnnn2Cc2ccc(OC)cc2)cc1. The van der Waals surface area contributed by atoms with Gasteiger partial charge in [-0.15, -0.1) is 5.10 Å². The van der Waals surface area contributed by atoms with E-state index in [1.54, 1.807) is 106 Å². The molecule has 0 saturated carbocycles. The molecule has 0 bridgehead atoms. The van der Waals surface area contributed by atoms with E-state index in [0.717, 1.165) is 5.56 Å². The molecule has 3 atom stereocenters. The number of alkyl halides is 1. The van der Waals surface area contributed by atoms with E-state index in [-0.39, 0.29) is 56.2 Å². The fourth-order valence-corrected chi connectivity index (χ4v) is 9.44. The molecule has 1 aromatic heterocycles. The lowest BCUT2D eigenvalue weighted by atomic mass is 10.0. The second kappa shape index (κ2) is 18.7. The predicted molar refractivity (Wildman–Crippen MR) is 222 cm³/mol. The summed E-state index contributed by atoms with van der Waals surface area (Å²) in [5, 5.41) is 15.1. The maximum Gasteiger partial charge on any atom is 0.407 e. The fourth-order valence-electron chi connectivity index (χ4n) is 6.79. The highest BCUT2D eigenvalue weighted by molar-refractivity contribution is 7.90. The Kier molecular flexibility index (Phi) is 13.7. The van der Waals surface area contributed by atoms with Crippen LogP contribution in [0.25, 0.3) is 11.4 Å². The number of carbonyl (C=O) groups excluding carboxylic acids is 1. The Labute approximate surface area is 350 Å². The first kappa shape index (κ1) is 43.9. The zero-order valence-electron chi connectivity index (χ0n) is 34.1. The number of nitrogens with zero attached hydrogens (tertiary/aromatic N) is 6. The first-order valence-electron chi connectivity index (χ1n) is 18.9. The van der Waals surface area contributed by atoms with Crippen molar-refractivity contribution in [3.63, 3.8) is 0 Å². The van der Waals surface area contributed by atoms with E-state index < -0.39 is 54.8 Å². The minimum atomic E-state index is -4.78. The molecular formula is C41H48FN7O9S2. The summed E-state index contributed by atoms with van der Waals surface area (Å²) in [6.45, 7) is 4.72. The number of tetrazole rings is 1. The Morgan fingerprint density at radius 2 is 1.42 bits per heavy atom. The lowest BCUT2D eigenvalue weighted by Crippen LogP contribution is -2.53. The Morgan fingerprint density at radius 3 is 1.90 bits per heavy atom. The Balaban J connectivity index is 1.51. The topological polar surface area (TPSA) is 188 Å². The van der Waals surface area contributed by atoms with Crippen molar-refractivity contribution >= 4 is 32.9 Å². The number of anilines is 1. The van der Waals surface area contributed by atoms with Crippen molar-refractivity contribution in [2.45, 2.75) is 74.4 Å². The van der Waals surface area contributed by atoms with Crippen molar-refractivity contribution in [1.82, 2.24) is 29.8 Å². The Bertz CT molecular complexity index is 2340. The summed E-state index contributed by atoms with van der Waals surface area (Å²) in [5.41, 5.74) is 1.22. The molecule has 1 aliphatic heterocycles. The highest BCUT2D eigenvalue weighted by Crippen LogP contribution is 2.42. The number of alkyl carbamates (subject to hydrolysis) is 1. The van der Waals surface area contributed by atoms with Crippen LogP contribution in [0.1, 0.15) is 43.9 Å². The first-order valence-corrected chi connectivity index (χ1v) is 21.5. The van der Waals surface area contributed by atoms with Crippen molar-refractivity contribution < 1.29 is 45.3 Å². The monoisotopic (exact) mass is 865 g/mol. The molecule has 2 N–H and O–H groups in total. The van der Waals surface area contributed by atoms with Gasteiger partial charge >= 0.3 is 6.09 Å². The number of carbonyl (C=O) groups is 1. The Hall–Kier alpha value is -5.63. The van der Waals surface area contributed by atoms with Gasteiger partial charge in [-0.05, 0) is 103 Å². The van der Waals surface area contributed by atoms with Gasteiger partial charge in [0.25, 0.3) is 0 Å². The number of hydrogen-bond donors (Lipinski definition) is 2. The second-order valence-electron chi connectivity index (χ2n) is 15.0. The highest BCUT2D eigenvalue weighted by Gasteiger charge is 2.39. The van der Waals surface area contributed by atoms with Crippen LogP contribution in [-0.2, 0) is 45.5 Å². The third kappa shape index (κ3) is 10.4. The van der Waals surface area contributed by atoms with Crippen molar-refractivity contribution in [2.24, 2.45) is 0 Å². The van der Waals surface area contributed by atoms with Crippen LogP contribution in [0.5, 0.6) is 17.2 Å². The van der Waals surface area contributed by atoms with E-state index in [1.165, 1.54) is 35.3 Å². The van der Waals surface area contributed by atoms with Crippen molar-refractivity contribution in [2.75, 3.05) is 39.3 Å². The molecule has 60 heavy (non-hydrogen) atoms. The van der Waals surface area contributed by atoms with Crippen molar-refractivity contribution in [1.29, 1.82) is 0 Å². The number of piperidine rings is 1. The molecule has 5 aromatic rings.